The van der Waals surface area contributed by atoms with E-state index in [2.05, 4.69) is 41.1 Å². The molecule has 0 radical (unpaired) electrons. The van der Waals surface area contributed by atoms with E-state index in [4.69, 9.17) is 4.74 Å². The third-order valence-electron chi connectivity index (χ3n) is 2.96. The Labute approximate surface area is 120 Å². The lowest BCUT2D eigenvalue weighted by molar-refractivity contribution is 0.140. The smallest absolute Gasteiger partial charge is 0.0991 e. The molecule has 0 spiro atoms. The Bertz CT molecular complexity index is 491. The Balaban J connectivity index is 1.68. The second kappa shape index (κ2) is 8.30. The SMILES string of the molecule is C=CCCOCCNCc1ccc(-n2ccnc2)cc1. The van der Waals surface area contributed by atoms with E-state index >= 15 is 0 Å². The van der Waals surface area contributed by atoms with Crippen molar-refractivity contribution < 1.29 is 4.74 Å². The predicted molar refractivity (Wildman–Crippen MR) is 80.9 cm³/mol. The van der Waals surface area contributed by atoms with Crippen molar-refractivity contribution in [2.45, 2.75) is 13.0 Å². The number of imidazole rings is 1. The second-order valence-corrected chi connectivity index (χ2v) is 4.50. The van der Waals surface area contributed by atoms with Crippen LogP contribution in [0.4, 0.5) is 0 Å². The highest BCUT2D eigenvalue weighted by molar-refractivity contribution is 5.34. The van der Waals surface area contributed by atoms with Gasteiger partial charge in [0.2, 0.25) is 0 Å². The van der Waals surface area contributed by atoms with Gasteiger partial charge in [0, 0.05) is 31.2 Å². The third-order valence-corrected chi connectivity index (χ3v) is 2.96. The number of hydrogen-bond donors (Lipinski definition) is 1. The summed E-state index contributed by atoms with van der Waals surface area (Å²) >= 11 is 0. The number of hydrogen-bond acceptors (Lipinski definition) is 3. The van der Waals surface area contributed by atoms with Crippen LogP contribution in [-0.4, -0.2) is 29.3 Å². The van der Waals surface area contributed by atoms with Crippen LogP contribution in [0.5, 0.6) is 0 Å². The number of nitrogens with zero attached hydrogens (tertiary/aromatic N) is 2. The van der Waals surface area contributed by atoms with Crippen molar-refractivity contribution in [2.75, 3.05) is 19.8 Å². The first kappa shape index (κ1) is 14.5. The summed E-state index contributed by atoms with van der Waals surface area (Å²) in [5, 5.41) is 3.36. The van der Waals surface area contributed by atoms with Crippen LogP contribution in [0.1, 0.15) is 12.0 Å². The molecule has 0 bridgehead atoms. The number of aromatic nitrogens is 2. The van der Waals surface area contributed by atoms with Crippen LogP contribution in [0.15, 0.2) is 55.6 Å². The summed E-state index contributed by atoms with van der Waals surface area (Å²) in [7, 11) is 0. The van der Waals surface area contributed by atoms with Gasteiger partial charge in [0.15, 0.2) is 0 Å². The zero-order valence-electron chi connectivity index (χ0n) is 11.7. The molecular weight excluding hydrogens is 250 g/mol. The summed E-state index contributed by atoms with van der Waals surface area (Å²) in [5.74, 6) is 0. The Morgan fingerprint density at radius 1 is 1.25 bits per heavy atom. The largest absolute Gasteiger partial charge is 0.380 e. The Morgan fingerprint density at radius 2 is 2.10 bits per heavy atom. The van der Waals surface area contributed by atoms with Gasteiger partial charge in [-0.25, -0.2) is 4.98 Å². The first-order valence-electron chi connectivity index (χ1n) is 6.87. The van der Waals surface area contributed by atoms with E-state index in [1.54, 1.807) is 12.5 Å². The average molecular weight is 271 g/mol. The highest BCUT2D eigenvalue weighted by atomic mass is 16.5. The van der Waals surface area contributed by atoms with Crippen LogP contribution in [0, 0.1) is 0 Å². The molecule has 0 aliphatic rings. The first-order chi connectivity index (χ1) is 9.90. The van der Waals surface area contributed by atoms with E-state index in [0.717, 1.165) is 38.4 Å². The van der Waals surface area contributed by atoms with Crippen molar-refractivity contribution in [3.63, 3.8) is 0 Å². The molecule has 0 amide bonds. The fourth-order valence-corrected chi connectivity index (χ4v) is 1.84. The second-order valence-electron chi connectivity index (χ2n) is 4.50. The lowest BCUT2D eigenvalue weighted by Crippen LogP contribution is -2.19. The predicted octanol–water partition coefficient (Wildman–Crippen LogP) is 2.55. The molecule has 0 unspecified atom stereocenters. The molecule has 1 N–H and O–H groups in total. The molecule has 0 saturated heterocycles. The van der Waals surface area contributed by atoms with E-state index in [0.29, 0.717) is 0 Å². The van der Waals surface area contributed by atoms with Gasteiger partial charge in [-0.2, -0.15) is 0 Å². The average Bonchev–Trinajstić information content (AvgIpc) is 3.01. The molecule has 4 nitrogen and oxygen atoms in total. The van der Waals surface area contributed by atoms with Gasteiger partial charge in [0.25, 0.3) is 0 Å². The van der Waals surface area contributed by atoms with Crippen LogP contribution in [0.25, 0.3) is 5.69 Å². The summed E-state index contributed by atoms with van der Waals surface area (Å²) < 4.78 is 7.43. The maximum absolute atomic E-state index is 5.44. The number of benzene rings is 1. The maximum atomic E-state index is 5.44. The van der Waals surface area contributed by atoms with E-state index < -0.39 is 0 Å². The summed E-state index contributed by atoms with van der Waals surface area (Å²) in [5.41, 5.74) is 2.39. The number of ether oxygens (including phenoxy) is 1. The van der Waals surface area contributed by atoms with Gasteiger partial charge in [-0.1, -0.05) is 18.2 Å². The zero-order valence-corrected chi connectivity index (χ0v) is 11.7. The third kappa shape index (κ3) is 4.64. The Hall–Kier alpha value is -1.91. The van der Waals surface area contributed by atoms with Gasteiger partial charge in [-0.15, -0.1) is 6.58 Å². The summed E-state index contributed by atoms with van der Waals surface area (Å²) in [4.78, 5) is 4.04. The van der Waals surface area contributed by atoms with Crippen LogP contribution >= 0.6 is 0 Å². The maximum Gasteiger partial charge on any atom is 0.0991 e. The molecule has 106 valence electrons. The normalized spacial score (nSPS) is 10.6. The fourth-order valence-electron chi connectivity index (χ4n) is 1.84. The molecule has 0 fully saturated rings. The van der Waals surface area contributed by atoms with Gasteiger partial charge in [-0.05, 0) is 24.1 Å². The fraction of sp³-hybridized carbons (Fsp3) is 0.312. The van der Waals surface area contributed by atoms with Crippen molar-refractivity contribution in [3.05, 3.63) is 61.2 Å². The highest BCUT2D eigenvalue weighted by Gasteiger charge is 1.96. The van der Waals surface area contributed by atoms with Crippen LogP contribution in [-0.2, 0) is 11.3 Å². The van der Waals surface area contributed by atoms with Crippen LogP contribution in [0.2, 0.25) is 0 Å². The van der Waals surface area contributed by atoms with Crippen molar-refractivity contribution >= 4 is 0 Å². The molecule has 1 aromatic carbocycles. The molecule has 0 aliphatic carbocycles. The Kier molecular flexibility index (Phi) is 6.02. The molecular formula is C16H21N3O. The first-order valence-corrected chi connectivity index (χ1v) is 6.87. The highest BCUT2D eigenvalue weighted by Crippen LogP contribution is 2.08. The lowest BCUT2D eigenvalue weighted by atomic mass is 10.2. The van der Waals surface area contributed by atoms with E-state index in [-0.39, 0.29) is 0 Å². The van der Waals surface area contributed by atoms with Gasteiger partial charge in [0.1, 0.15) is 0 Å². The molecule has 0 saturated carbocycles. The molecule has 20 heavy (non-hydrogen) atoms. The minimum absolute atomic E-state index is 0.737. The summed E-state index contributed by atoms with van der Waals surface area (Å²) in [6, 6.07) is 8.44. The molecule has 1 aromatic heterocycles. The molecule has 0 aliphatic heterocycles. The molecule has 1 heterocycles. The van der Waals surface area contributed by atoms with Crippen molar-refractivity contribution in [1.82, 2.24) is 14.9 Å². The van der Waals surface area contributed by atoms with E-state index in [1.807, 2.05) is 16.8 Å². The topological polar surface area (TPSA) is 39.1 Å². The van der Waals surface area contributed by atoms with Gasteiger partial charge >= 0.3 is 0 Å². The molecule has 2 aromatic rings. The van der Waals surface area contributed by atoms with Gasteiger partial charge < -0.3 is 14.6 Å². The quantitative estimate of drug-likeness (QED) is 0.563. The van der Waals surface area contributed by atoms with E-state index in [1.165, 1.54) is 5.56 Å². The molecule has 0 atom stereocenters. The summed E-state index contributed by atoms with van der Waals surface area (Å²) in [6.07, 6.45) is 8.30. The minimum atomic E-state index is 0.737. The van der Waals surface area contributed by atoms with E-state index in [9.17, 15) is 0 Å². The summed E-state index contributed by atoms with van der Waals surface area (Å²) in [6.45, 7) is 6.87. The van der Waals surface area contributed by atoms with Crippen LogP contribution < -0.4 is 5.32 Å². The molecule has 4 heteroatoms. The standard InChI is InChI=1S/C16H21N3O/c1-2-3-11-20-12-9-17-13-15-4-6-16(7-5-15)19-10-8-18-14-19/h2,4-8,10,14,17H,1,3,9,11-13H2. The monoisotopic (exact) mass is 271 g/mol. The van der Waals surface area contributed by atoms with Gasteiger partial charge in [0.05, 0.1) is 19.5 Å². The van der Waals surface area contributed by atoms with Crippen LogP contribution in [0.3, 0.4) is 0 Å². The van der Waals surface area contributed by atoms with Crippen molar-refractivity contribution in [3.8, 4) is 5.69 Å². The zero-order chi connectivity index (χ0) is 14.0. The Morgan fingerprint density at radius 3 is 2.80 bits per heavy atom. The molecule has 2 rings (SSSR count). The number of nitrogens with one attached hydrogen (secondary N) is 1. The van der Waals surface area contributed by atoms with Gasteiger partial charge in [-0.3, -0.25) is 0 Å². The van der Waals surface area contributed by atoms with Crippen molar-refractivity contribution in [2.24, 2.45) is 0 Å². The lowest BCUT2D eigenvalue weighted by Gasteiger charge is -2.07. The number of rotatable bonds is 9. The minimum Gasteiger partial charge on any atom is -0.380 e. The van der Waals surface area contributed by atoms with Crippen molar-refractivity contribution in [1.29, 1.82) is 0 Å².